The number of hydrogen-bond acceptors (Lipinski definition) is 4. The Bertz CT molecular complexity index is 780. The van der Waals surface area contributed by atoms with Crippen molar-refractivity contribution in [2.24, 2.45) is 15.9 Å². The van der Waals surface area contributed by atoms with Crippen molar-refractivity contribution < 1.29 is 4.74 Å². The van der Waals surface area contributed by atoms with Gasteiger partial charge < -0.3 is 10.6 Å². The van der Waals surface area contributed by atoms with Crippen molar-refractivity contribution in [1.82, 2.24) is 0 Å². The molecule has 2 aromatic rings. The Labute approximate surface area is 143 Å². The lowest BCUT2D eigenvalue weighted by atomic mass is 9.85. The third kappa shape index (κ3) is 2.97. The van der Waals surface area contributed by atoms with E-state index in [1.165, 1.54) is 5.56 Å². The molecule has 2 N–H and O–H groups in total. The van der Waals surface area contributed by atoms with Gasteiger partial charge >= 0.3 is 0 Å². The number of nitrogens with zero attached hydrogens (tertiary/aromatic N) is 2. The van der Waals surface area contributed by atoms with E-state index in [0.29, 0.717) is 0 Å². The van der Waals surface area contributed by atoms with E-state index in [4.69, 9.17) is 15.6 Å². The second-order valence-electron chi connectivity index (χ2n) is 5.88. The zero-order valence-electron chi connectivity index (χ0n) is 14.2. The molecule has 2 aromatic carbocycles. The summed E-state index contributed by atoms with van der Waals surface area (Å²) in [5.41, 5.74) is 5.99. The van der Waals surface area contributed by atoms with Gasteiger partial charge in [0.2, 0.25) is 0 Å². The Morgan fingerprint density at radius 3 is 2.46 bits per heavy atom. The van der Waals surface area contributed by atoms with Gasteiger partial charge in [-0.2, -0.15) is 5.10 Å². The molecule has 1 unspecified atom stereocenters. The lowest BCUT2D eigenvalue weighted by Crippen LogP contribution is -2.26. The van der Waals surface area contributed by atoms with E-state index in [2.05, 4.69) is 36.3 Å². The first-order valence-corrected chi connectivity index (χ1v) is 8.33. The molecule has 0 fully saturated rings. The Morgan fingerprint density at radius 2 is 1.75 bits per heavy atom. The monoisotopic (exact) mass is 321 g/mol. The molecule has 3 rings (SSSR count). The quantitative estimate of drug-likeness (QED) is 0.695. The van der Waals surface area contributed by atoms with E-state index in [-0.39, 0.29) is 6.10 Å². The normalized spacial score (nSPS) is 20.3. The van der Waals surface area contributed by atoms with Gasteiger partial charge in [-0.1, -0.05) is 55.5 Å². The van der Waals surface area contributed by atoms with Crippen LogP contribution in [0.25, 0.3) is 0 Å². The molecule has 0 spiro atoms. The summed E-state index contributed by atoms with van der Waals surface area (Å²) in [6, 6.07) is 16.5. The second-order valence-corrected chi connectivity index (χ2v) is 5.88. The first kappa shape index (κ1) is 16.4. The number of nitrogens with two attached hydrogens (primary N) is 1. The number of hydrogen-bond donors (Lipinski definition) is 1. The van der Waals surface area contributed by atoms with E-state index in [1.54, 1.807) is 7.11 Å². The van der Waals surface area contributed by atoms with Gasteiger partial charge in [-0.25, -0.2) is 0 Å². The van der Waals surface area contributed by atoms with E-state index in [1.807, 2.05) is 24.3 Å². The Balaban J connectivity index is 2.28. The highest BCUT2D eigenvalue weighted by Gasteiger charge is 2.27. The van der Waals surface area contributed by atoms with Crippen molar-refractivity contribution >= 4 is 11.4 Å². The number of fused-ring (bicyclic) bond motifs is 2. The zero-order chi connectivity index (χ0) is 16.9. The van der Waals surface area contributed by atoms with Gasteiger partial charge in [0.1, 0.15) is 5.71 Å². The maximum absolute atomic E-state index is 5.81. The molecule has 1 aliphatic rings. The summed E-state index contributed by atoms with van der Waals surface area (Å²) in [7, 11) is 1.76. The highest BCUT2D eigenvalue weighted by atomic mass is 16.5. The first-order chi connectivity index (χ1) is 11.8. The first-order valence-electron chi connectivity index (χ1n) is 8.33. The fraction of sp³-hybridized carbons (Fsp3) is 0.300. The minimum absolute atomic E-state index is 0.0199. The fourth-order valence-corrected chi connectivity index (χ4v) is 3.21. The predicted molar refractivity (Wildman–Crippen MR) is 98.8 cm³/mol. The van der Waals surface area contributed by atoms with Crippen molar-refractivity contribution in [3.05, 3.63) is 70.8 Å². The molecule has 0 bridgehead atoms. The topological polar surface area (TPSA) is 60.0 Å². The smallest absolute Gasteiger partial charge is 0.116 e. The Hall–Kier alpha value is -2.46. The Morgan fingerprint density at radius 1 is 1.04 bits per heavy atom. The summed E-state index contributed by atoms with van der Waals surface area (Å²) in [6.45, 7) is 2.85. The molecule has 0 heterocycles. The minimum Gasteiger partial charge on any atom is -0.376 e. The van der Waals surface area contributed by atoms with Crippen LogP contribution < -0.4 is 5.84 Å². The maximum atomic E-state index is 5.81. The van der Waals surface area contributed by atoms with Gasteiger partial charge in [0.25, 0.3) is 0 Å². The number of benzene rings is 2. The lowest BCUT2D eigenvalue weighted by molar-refractivity contribution is 0.103. The molecule has 0 radical (unpaired) electrons. The average molecular weight is 321 g/mol. The molecule has 4 heteroatoms. The van der Waals surface area contributed by atoms with E-state index in [0.717, 1.165) is 47.5 Å². The number of rotatable bonds is 3. The van der Waals surface area contributed by atoms with Crippen LogP contribution in [0.5, 0.6) is 0 Å². The number of methoxy groups -OCH3 is 1. The standard InChI is InChI=1S/C20H23N3O/c1-3-12-22-19-17-11-7-6-10-16(17)18(24-2)13-14-8-4-5-9-15(14)20(19)23-21/h4-11,18H,3,12-13,21H2,1-2H3. The third-order valence-electron chi connectivity index (χ3n) is 4.37. The average Bonchev–Trinajstić information content (AvgIpc) is 2.62. The molecule has 1 aliphatic carbocycles. The van der Waals surface area contributed by atoms with E-state index >= 15 is 0 Å². The van der Waals surface area contributed by atoms with Crippen LogP contribution in [0.3, 0.4) is 0 Å². The predicted octanol–water partition coefficient (Wildman–Crippen LogP) is 3.49. The summed E-state index contributed by atoms with van der Waals surface area (Å²) in [4.78, 5) is 4.81. The number of ether oxygens (including phenoxy) is 1. The maximum Gasteiger partial charge on any atom is 0.116 e. The van der Waals surface area contributed by atoms with Gasteiger partial charge in [0.15, 0.2) is 0 Å². The molecule has 0 saturated carbocycles. The van der Waals surface area contributed by atoms with Crippen LogP contribution in [0.2, 0.25) is 0 Å². The molecule has 0 aromatic heterocycles. The molecular formula is C20H23N3O. The van der Waals surface area contributed by atoms with Gasteiger partial charge in [-0.05, 0) is 17.5 Å². The van der Waals surface area contributed by atoms with Gasteiger partial charge in [0.05, 0.1) is 11.8 Å². The largest absolute Gasteiger partial charge is 0.376 e. The second kappa shape index (κ2) is 7.41. The minimum atomic E-state index is -0.0199. The Kier molecular flexibility index (Phi) is 5.06. The summed E-state index contributed by atoms with van der Waals surface area (Å²) in [5, 5.41) is 4.12. The zero-order valence-corrected chi connectivity index (χ0v) is 14.2. The van der Waals surface area contributed by atoms with Crippen molar-refractivity contribution in [2.75, 3.05) is 13.7 Å². The van der Waals surface area contributed by atoms with E-state index in [9.17, 15) is 0 Å². The summed E-state index contributed by atoms with van der Waals surface area (Å²) in [5.74, 6) is 5.80. The van der Waals surface area contributed by atoms with Crippen LogP contribution in [-0.2, 0) is 11.2 Å². The molecule has 24 heavy (non-hydrogen) atoms. The molecule has 124 valence electrons. The molecule has 1 atom stereocenters. The van der Waals surface area contributed by atoms with Crippen LogP contribution >= 0.6 is 0 Å². The fourth-order valence-electron chi connectivity index (χ4n) is 3.21. The van der Waals surface area contributed by atoms with Gasteiger partial charge in [0, 0.05) is 31.2 Å². The van der Waals surface area contributed by atoms with Gasteiger partial charge in [-0.3, -0.25) is 4.99 Å². The van der Waals surface area contributed by atoms with Crippen LogP contribution in [-0.4, -0.2) is 25.1 Å². The van der Waals surface area contributed by atoms with Crippen LogP contribution in [0, 0.1) is 0 Å². The summed E-state index contributed by atoms with van der Waals surface area (Å²) < 4.78 is 5.81. The van der Waals surface area contributed by atoms with Crippen LogP contribution in [0.1, 0.15) is 41.7 Å². The summed E-state index contributed by atoms with van der Waals surface area (Å²) in [6.07, 6.45) is 1.73. The molecule has 0 saturated heterocycles. The molecular weight excluding hydrogens is 298 g/mol. The molecule has 0 aliphatic heterocycles. The lowest BCUT2D eigenvalue weighted by Gasteiger charge is -2.25. The van der Waals surface area contributed by atoms with E-state index < -0.39 is 0 Å². The third-order valence-corrected chi connectivity index (χ3v) is 4.37. The number of hydrazone groups is 1. The molecule has 4 nitrogen and oxygen atoms in total. The van der Waals surface area contributed by atoms with Crippen molar-refractivity contribution in [3.63, 3.8) is 0 Å². The van der Waals surface area contributed by atoms with Crippen molar-refractivity contribution in [3.8, 4) is 0 Å². The molecule has 0 amide bonds. The summed E-state index contributed by atoms with van der Waals surface area (Å²) >= 11 is 0. The van der Waals surface area contributed by atoms with Crippen molar-refractivity contribution in [1.29, 1.82) is 0 Å². The van der Waals surface area contributed by atoms with Crippen molar-refractivity contribution in [2.45, 2.75) is 25.9 Å². The SMILES string of the molecule is CCCN=C1C(=NN)c2ccccc2CC(OC)c2ccccc21. The number of aliphatic imine (C=N–C) groups is 1. The highest BCUT2D eigenvalue weighted by Crippen LogP contribution is 2.31. The highest BCUT2D eigenvalue weighted by molar-refractivity contribution is 6.54. The van der Waals surface area contributed by atoms with Crippen LogP contribution in [0.15, 0.2) is 58.6 Å². The van der Waals surface area contributed by atoms with Crippen LogP contribution in [0.4, 0.5) is 0 Å². The van der Waals surface area contributed by atoms with Gasteiger partial charge in [-0.15, -0.1) is 0 Å².